The number of carbonyl (C=O) groups is 3. The van der Waals surface area contributed by atoms with E-state index in [1.807, 2.05) is 30.3 Å². The molecule has 0 spiro atoms. The summed E-state index contributed by atoms with van der Waals surface area (Å²) in [6, 6.07) is 16.3. The van der Waals surface area contributed by atoms with Crippen molar-refractivity contribution in [2.75, 3.05) is 23.7 Å². The summed E-state index contributed by atoms with van der Waals surface area (Å²) in [6.07, 6.45) is 1.27. The maximum Gasteiger partial charge on any atom is 0.253 e. The number of hydrogen-bond acceptors (Lipinski definition) is 3. The summed E-state index contributed by atoms with van der Waals surface area (Å²) < 4.78 is 0. The largest absolute Gasteiger partial charge is 0.339 e. The van der Waals surface area contributed by atoms with Gasteiger partial charge in [0.2, 0.25) is 11.8 Å². The third-order valence-electron chi connectivity index (χ3n) is 4.62. The smallest absolute Gasteiger partial charge is 0.253 e. The zero-order valence-corrected chi connectivity index (χ0v) is 15.3. The van der Waals surface area contributed by atoms with Crippen molar-refractivity contribution in [1.29, 1.82) is 0 Å². The Bertz CT molecular complexity index is 828. The molecular formula is C21H23N3O3. The first-order chi connectivity index (χ1) is 13.0. The van der Waals surface area contributed by atoms with Gasteiger partial charge in [-0.1, -0.05) is 24.3 Å². The van der Waals surface area contributed by atoms with Crippen LogP contribution in [0.4, 0.5) is 11.4 Å². The summed E-state index contributed by atoms with van der Waals surface area (Å²) >= 11 is 0. The number of anilines is 2. The summed E-state index contributed by atoms with van der Waals surface area (Å²) in [5.74, 6) is -0.331. The van der Waals surface area contributed by atoms with Gasteiger partial charge in [0.1, 0.15) is 0 Å². The summed E-state index contributed by atoms with van der Waals surface area (Å²) in [6.45, 7) is 2.57. The molecule has 1 saturated heterocycles. The van der Waals surface area contributed by atoms with Crippen LogP contribution in [0.25, 0.3) is 0 Å². The molecular weight excluding hydrogens is 342 g/mol. The van der Waals surface area contributed by atoms with E-state index in [4.69, 9.17) is 0 Å². The Labute approximate surface area is 158 Å². The molecule has 1 heterocycles. The minimum absolute atomic E-state index is 0.0115. The lowest BCUT2D eigenvalue weighted by Gasteiger charge is -2.31. The predicted molar refractivity (Wildman–Crippen MR) is 104 cm³/mol. The van der Waals surface area contributed by atoms with E-state index in [9.17, 15) is 14.4 Å². The van der Waals surface area contributed by atoms with E-state index in [1.54, 1.807) is 29.2 Å². The van der Waals surface area contributed by atoms with Gasteiger partial charge < -0.3 is 15.5 Å². The number of amides is 3. The third kappa shape index (κ3) is 4.94. The van der Waals surface area contributed by atoms with Gasteiger partial charge in [0.25, 0.3) is 5.91 Å². The highest BCUT2D eigenvalue weighted by atomic mass is 16.2. The number of benzene rings is 2. The Morgan fingerprint density at radius 1 is 0.889 bits per heavy atom. The molecule has 0 bridgehead atoms. The summed E-state index contributed by atoms with van der Waals surface area (Å²) in [7, 11) is 0. The molecule has 6 heteroatoms. The van der Waals surface area contributed by atoms with Crippen LogP contribution in [0.2, 0.25) is 0 Å². The zero-order valence-electron chi connectivity index (χ0n) is 15.3. The van der Waals surface area contributed by atoms with Crippen molar-refractivity contribution in [3.05, 3.63) is 60.2 Å². The number of hydrogen-bond donors (Lipinski definition) is 2. The van der Waals surface area contributed by atoms with Crippen molar-refractivity contribution in [1.82, 2.24) is 4.90 Å². The topological polar surface area (TPSA) is 78.5 Å². The van der Waals surface area contributed by atoms with Crippen molar-refractivity contribution in [2.45, 2.75) is 19.8 Å². The van der Waals surface area contributed by atoms with E-state index in [1.165, 1.54) is 6.92 Å². The molecule has 2 aromatic carbocycles. The molecule has 6 nitrogen and oxygen atoms in total. The molecule has 0 saturated carbocycles. The van der Waals surface area contributed by atoms with Crippen LogP contribution in [0.15, 0.2) is 54.6 Å². The average Bonchev–Trinajstić information content (AvgIpc) is 2.68. The highest BCUT2D eigenvalue weighted by molar-refractivity contribution is 5.96. The van der Waals surface area contributed by atoms with E-state index in [2.05, 4.69) is 10.6 Å². The number of nitrogens with one attached hydrogen (secondary N) is 2. The van der Waals surface area contributed by atoms with Crippen LogP contribution < -0.4 is 10.6 Å². The molecule has 27 heavy (non-hydrogen) atoms. The van der Waals surface area contributed by atoms with Gasteiger partial charge in [0.15, 0.2) is 0 Å². The second-order valence-corrected chi connectivity index (χ2v) is 6.68. The molecule has 0 unspecified atom stereocenters. The predicted octanol–water partition coefficient (Wildman–Crippen LogP) is 3.14. The SMILES string of the molecule is CC(=O)Nc1cccc(NC(=O)C2CCN(C(=O)c3ccccc3)CC2)c1. The molecule has 0 aliphatic carbocycles. The standard InChI is InChI=1S/C21H23N3O3/c1-15(25)22-18-8-5-9-19(14-18)23-20(26)16-10-12-24(13-11-16)21(27)17-6-3-2-4-7-17/h2-9,14,16H,10-13H2,1H3,(H,22,25)(H,23,26). The summed E-state index contributed by atoms with van der Waals surface area (Å²) in [5.41, 5.74) is 1.97. The highest BCUT2D eigenvalue weighted by Gasteiger charge is 2.27. The number of rotatable bonds is 4. The fourth-order valence-electron chi connectivity index (χ4n) is 3.23. The third-order valence-corrected chi connectivity index (χ3v) is 4.62. The second kappa shape index (κ2) is 8.49. The summed E-state index contributed by atoms with van der Waals surface area (Å²) in [5, 5.41) is 5.60. The van der Waals surface area contributed by atoms with Gasteiger partial charge in [-0.3, -0.25) is 14.4 Å². The lowest BCUT2D eigenvalue weighted by Crippen LogP contribution is -2.41. The number of nitrogens with zero attached hydrogens (tertiary/aromatic N) is 1. The Morgan fingerprint density at radius 2 is 1.52 bits per heavy atom. The normalized spacial score (nSPS) is 14.5. The first kappa shape index (κ1) is 18.6. The molecule has 1 aliphatic heterocycles. The maximum atomic E-state index is 12.5. The zero-order chi connectivity index (χ0) is 19.2. The molecule has 2 aromatic rings. The molecule has 0 radical (unpaired) electrons. The van der Waals surface area contributed by atoms with E-state index < -0.39 is 0 Å². The van der Waals surface area contributed by atoms with Crippen LogP contribution in [0.3, 0.4) is 0 Å². The Hall–Kier alpha value is -3.15. The summed E-state index contributed by atoms with van der Waals surface area (Å²) in [4.78, 5) is 38.0. The lowest BCUT2D eigenvalue weighted by molar-refractivity contribution is -0.121. The van der Waals surface area contributed by atoms with Gasteiger partial charge in [-0.2, -0.15) is 0 Å². The van der Waals surface area contributed by atoms with Crippen molar-refractivity contribution in [2.24, 2.45) is 5.92 Å². The van der Waals surface area contributed by atoms with Crippen molar-refractivity contribution in [3.63, 3.8) is 0 Å². The quantitative estimate of drug-likeness (QED) is 0.874. The van der Waals surface area contributed by atoms with Crippen LogP contribution in [-0.2, 0) is 9.59 Å². The van der Waals surface area contributed by atoms with Gasteiger partial charge in [-0.05, 0) is 43.2 Å². The molecule has 2 N–H and O–H groups in total. The van der Waals surface area contributed by atoms with Crippen molar-refractivity contribution >= 4 is 29.1 Å². The van der Waals surface area contributed by atoms with Gasteiger partial charge in [-0.15, -0.1) is 0 Å². The van der Waals surface area contributed by atoms with E-state index in [-0.39, 0.29) is 23.6 Å². The minimum atomic E-state index is -0.158. The van der Waals surface area contributed by atoms with E-state index in [0.717, 1.165) is 0 Å². The van der Waals surface area contributed by atoms with E-state index >= 15 is 0 Å². The van der Waals surface area contributed by atoms with Crippen molar-refractivity contribution < 1.29 is 14.4 Å². The van der Waals surface area contributed by atoms with Crippen LogP contribution in [0, 0.1) is 5.92 Å². The van der Waals surface area contributed by atoms with Gasteiger partial charge >= 0.3 is 0 Å². The molecule has 140 valence electrons. The Morgan fingerprint density at radius 3 is 2.15 bits per heavy atom. The molecule has 3 amide bonds. The van der Waals surface area contributed by atoms with Gasteiger partial charge in [0, 0.05) is 42.9 Å². The second-order valence-electron chi connectivity index (χ2n) is 6.68. The lowest BCUT2D eigenvalue weighted by atomic mass is 9.95. The fraction of sp³-hybridized carbons (Fsp3) is 0.286. The Kier molecular flexibility index (Phi) is 5.86. The van der Waals surface area contributed by atoms with Gasteiger partial charge in [-0.25, -0.2) is 0 Å². The maximum absolute atomic E-state index is 12.5. The average molecular weight is 365 g/mol. The number of likely N-dealkylation sites (tertiary alicyclic amines) is 1. The van der Waals surface area contributed by atoms with Crippen LogP contribution in [0.1, 0.15) is 30.1 Å². The van der Waals surface area contributed by atoms with Crippen molar-refractivity contribution in [3.8, 4) is 0 Å². The fourth-order valence-corrected chi connectivity index (χ4v) is 3.23. The monoisotopic (exact) mass is 365 g/mol. The first-order valence-electron chi connectivity index (χ1n) is 9.06. The highest BCUT2D eigenvalue weighted by Crippen LogP contribution is 2.22. The van der Waals surface area contributed by atoms with E-state index in [0.29, 0.717) is 42.9 Å². The molecule has 0 atom stereocenters. The molecule has 3 rings (SSSR count). The Balaban J connectivity index is 1.54. The molecule has 1 aliphatic rings. The minimum Gasteiger partial charge on any atom is -0.339 e. The van der Waals surface area contributed by atoms with Crippen LogP contribution >= 0.6 is 0 Å². The first-order valence-corrected chi connectivity index (χ1v) is 9.06. The van der Waals surface area contributed by atoms with Crippen LogP contribution in [0.5, 0.6) is 0 Å². The number of carbonyl (C=O) groups excluding carboxylic acids is 3. The van der Waals surface area contributed by atoms with Gasteiger partial charge in [0.05, 0.1) is 0 Å². The molecule has 0 aromatic heterocycles. The number of piperidine rings is 1. The molecule has 1 fully saturated rings. The van der Waals surface area contributed by atoms with Crippen LogP contribution in [-0.4, -0.2) is 35.7 Å².